The molecule has 1 saturated heterocycles. The van der Waals surface area contributed by atoms with E-state index in [0.29, 0.717) is 37.8 Å². The fourth-order valence-corrected chi connectivity index (χ4v) is 4.81. The minimum absolute atomic E-state index is 0.0280. The molecule has 9 heteroatoms. The Balaban J connectivity index is 1.92. The van der Waals surface area contributed by atoms with E-state index in [1.807, 2.05) is 6.92 Å². The van der Waals surface area contributed by atoms with Gasteiger partial charge in [0, 0.05) is 24.6 Å². The lowest BCUT2D eigenvalue weighted by Gasteiger charge is -2.45. The Hall–Kier alpha value is -2.09. The molecular formula is C25H28Cl2F2N2O3. The van der Waals surface area contributed by atoms with Crippen molar-refractivity contribution in [3.8, 4) is 0 Å². The van der Waals surface area contributed by atoms with Gasteiger partial charge in [-0.05, 0) is 59.2 Å². The van der Waals surface area contributed by atoms with Gasteiger partial charge in [0.1, 0.15) is 16.6 Å². The van der Waals surface area contributed by atoms with Crippen LogP contribution in [0.2, 0.25) is 10.2 Å². The molecule has 0 aliphatic carbocycles. The van der Waals surface area contributed by atoms with Crippen LogP contribution in [0.15, 0.2) is 24.3 Å². The van der Waals surface area contributed by atoms with Crippen molar-refractivity contribution >= 4 is 35.5 Å². The average molecular weight is 513 g/mol. The van der Waals surface area contributed by atoms with Crippen LogP contribution in [0.5, 0.6) is 0 Å². The molecule has 0 saturated carbocycles. The normalized spacial score (nSPS) is 21.4. The van der Waals surface area contributed by atoms with E-state index in [9.17, 15) is 18.4 Å². The first-order valence-electron chi connectivity index (χ1n) is 11.1. The van der Waals surface area contributed by atoms with E-state index in [1.165, 1.54) is 6.07 Å². The number of ether oxygens (including phenoxy) is 1. The van der Waals surface area contributed by atoms with E-state index in [-0.39, 0.29) is 33.9 Å². The zero-order valence-electron chi connectivity index (χ0n) is 19.6. The van der Waals surface area contributed by atoms with Crippen LogP contribution in [0, 0.1) is 17.0 Å². The molecule has 1 aliphatic rings. The van der Waals surface area contributed by atoms with Crippen molar-refractivity contribution < 1.29 is 23.1 Å². The van der Waals surface area contributed by atoms with Crippen molar-refractivity contribution in [2.75, 3.05) is 6.54 Å². The van der Waals surface area contributed by atoms with E-state index in [4.69, 9.17) is 27.9 Å². The van der Waals surface area contributed by atoms with Crippen molar-refractivity contribution in [1.82, 2.24) is 9.88 Å². The number of likely N-dealkylation sites (tertiary alicyclic amines) is 1. The number of esters is 1. The highest BCUT2D eigenvalue weighted by Crippen LogP contribution is 2.41. The van der Waals surface area contributed by atoms with Gasteiger partial charge in [-0.1, -0.05) is 35.3 Å². The van der Waals surface area contributed by atoms with Crippen LogP contribution in [0.1, 0.15) is 62.2 Å². The Morgan fingerprint density at radius 3 is 2.62 bits per heavy atom. The number of hydrogen-bond acceptors (Lipinski definition) is 5. The highest BCUT2D eigenvalue weighted by atomic mass is 35.5. The molecular weight excluding hydrogens is 485 g/mol. The smallest absolute Gasteiger partial charge is 0.313 e. The molecule has 3 rings (SSSR count). The number of hydrogen-bond donors (Lipinski definition) is 0. The highest BCUT2D eigenvalue weighted by Gasteiger charge is 2.47. The van der Waals surface area contributed by atoms with Crippen LogP contribution in [-0.2, 0) is 22.5 Å². The molecule has 5 nitrogen and oxygen atoms in total. The molecule has 1 aromatic carbocycles. The van der Waals surface area contributed by atoms with Gasteiger partial charge < -0.3 is 4.74 Å². The molecule has 1 fully saturated rings. The van der Waals surface area contributed by atoms with Crippen LogP contribution in [0.4, 0.5) is 8.78 Å². The maximum absolute atomic E-state index is 15.0. The van der Waals surface area contributed by atoms with Crippen molar-refractivity contribution in [2.45, 2.75) is 65.1 Å². The van der Waals surface area contributed by atoms with Crippen LogP contribution in [-0.4, -0.2) is 40.3 Å². The van der Waals surface area contributed by atoms with Gasteiger partial charge in [0.25, 0.3) is 0 Å². The van der Waals surface area contributed by atoms with Crippen LogP contribution >= 0.6 is 23.2 Å². The predicted octanol–water partition coefficient (Wildman–Crippen LogP) is 6.03. The largest absolute Gasteiger partial charge is 0.460 e. The van der Waals surface area contributed by atoms with Gasteiger partial charge in [-0.25, -0.2) is 13.8 Å². The van der Waals surface area contributed by atoms with E-state index in [2.05, 4.69) is 9.88 Å². The van der Waals surface area contributed by atoms with E-state index < -0.39 is 28.6 Å². The van der Waals surface area contributed by atoms with Gasteiger partial charge >= 0.3 is 5.97 Å². The summed E-state index contributed by atoms with van der Waals surface area (Å²) in [6, 6.07) is 5.85. The molecule has 1 aliphatic heterocycles. The third-order valence-electron chi connectivity index (χ3n) is 6.08. The van der Waals surface area contributed by atoms with Gasteiger partial charge in [0.05, 0.1) is 21.7 Å². The zero-order chi connectivity index (χ0) is 25.3. The maximum atomic E-state index is 15.0. The van der Waals surface area contributed by atoms with Crippen LogP contribution < -0.4 is 0 Å². The molecule has 184 valence electrons. The minimum atomic E-state index is -1.09. The van der Waals surface area contributed by atoms with Crippen LogP contribution in [0.25, 0.3) is 0 Å². The van der Waals surface area contributed by atoms with E-state index >= 15 is 0 Å². The van der Waals surface area contributed by atoms with Gasteiger partial charge in [0.2, 0.25) is 0 Å². The number of piperidine rings is 1. The Morgan fingerprint density at radius 1 is 1.29 bits per heavy atom. The maximum Gasteiger partial charge on any atom is 0.313 e. The predicted molar refractivity (Wildman–Crippen MR) is 127 cm³/mol. The Morgan fingerprint density at radius 2 is 2.00 bits per heavy atom. The summed E-state index contributed by atoms with van der Waals surface area (Å²) in [5, 5.41) is 0.0264. The van der Waals surface area contributed by atoms with Gasteiger partial charge in [-0.15, -0.1) is 0 Å². The molecule has 0 N–H and O–H groups in total. The fraction of sp³-hybridized carbons (Fsp3) is 0.480. The summed E-state index contributed by atoms with van der Waals surface area (Å²) in [6.45, 7) is 7.98. The summed E-state index contributed by atoms with van der Waals surface area (Å²) in [4.78, 5) is 30.8. The third kappa shape index (κ3) is 5.93. The Bertz CT molecular complexity index is 1090. The molecule has 34 heavy (non-hydrogen) atoms. The topological polar surface area (TPSA) is 59.5 Å². The third-order valence-corrected chi connectivity index (χ3v) is 6.57. The summed E-state index contributed by atoms with van der Waals surface area (Å²) in [6.07, 6.45) is 0.961. The second-order valence-electron chi connectivity index (χ2n) is 9.86. The van der Waals surface area contributed by atoms with Crippen molar-refractivity contribution in [2.24, 2.45) is 5.41 Å². The summed E-state index contributed by atoms with van der Waals surface area (Å²) >= 11 is 11.9. The zero-order valence-corrected chi connectivity index (χ0v) is 21.1. The summed E-state index contributed by atoms with van der Waals surface area (Å²) < 4.78 is 35.1. The summed E-state index contributed by atoms with van der Waals surface area (Å²) in [7, 11) is 0. The quantitative estimate of drug-likeness (QED) is 0.268. The number of nitrogens with zero attached hydrogens (tertiary/aromatic N) is 2. The first-order chi connectivity index (χ1) is 15.8. The average Bonchev–Trinajstić information content (AvgIpc) is 2.74. The lowest BCUT2D eigenvalue weighted by Crippen LogP contribution is -2.51. The highest BCUT2D eigenvalue weighted by molar-refractivity contribution is 6.30. The monoisotopic (exact) mass is 512 g/mol. The number of carbonyl (C=O) groups excluding carboxylic acids is 2. The van der Waals surface area contributed by atoms with Crippen molar-refractivity contribution in [3.63, 3.8) is 0 Å². The Labute approximate surface area is 208 Å². The standard InChI is InChI=1S/C25H28Cl2F2N2O3/c1-15-11-25(23(33)34-24(2,3)4,12-19-22(29)17(14-32)10-20(27)30-19)8-9-31(15)13-16-6-5-7-18(26)21(16)28/h5-7,10,14-15H,8-9,11-13H2,1-4H3/t15-,25?/m1/s1. The van der Waals surface area contributed by atoms with E-state index in [1.54, 1.807) is 32.9 Å². The second-order valence-corrected chi connectivity index (χ2v) is 10.7. The molecule has 2 heterocycles. The number of pyridine rings is 1. The fourth-order valence-electron chi connectivity index (χ4n) is 4.40. The molecule has 0 radical (unpaired) electrons. The molecule has 2 aromatic rings. The molecule has 0 amide bonds. The number of aromatic nitrogens is 1. The van der Waals surface area contributed by atoms with Gasteiger partial charge in [0.15, 0.2) is 12.1 Å². The number of halogens is 4. The summed E-state index contributed by atoms with van der Waals surface area (Å²) in [5.74, 6) is -1.72. The SMILES string of the molecule is C[C@@H]1CC(Cc2nc(Cl)cc(C=O)c2F)(C(=O)OC(C)(C)C)CCN1Cc1cccc(Cl)c1F. The number of carbonyl (C=O) groups is 2. The first-order valence-corrected chi connectivity index (χ1v) is 11.8. The molecule has 1 aromatic heterocycles. The lowest BCUT2D eigenvalue weighted by molar-refractivity contribution is -0.172. The van der Waals surface area contributed by atoms with Gasteiger partial charge in [-0.3, -0.25) is 14.5 Å². The van der Waals surface area contributed by atoms with Crippen LogP contribution in [0.3, 0.4) is 0 Å². The van der Waals surface area contributed by atoms with Crippen molar-refractivity contribution in [1.29, 1.82) is 0 Å². The number of aldehydes is 1. The summed E-state index contributed by atoms with van der Waals surface area (Å²) in [5.41, 5.74) is -1.64. The molecule has 2 atom stereocenters. The number of rotatable bonds is 6. The van der Waals surface area contributed by atoms with E-state index in [0.717, 1.165) is 6.07 Å². The van der Waals surface area contributed by atoms with Crippen molar-refractivity contribution in [3.05, 3.63) is 62.9 Å². The lowest BCUT2D eigenvalue weighted by atomic mass is 9.72. The number of benzene rings is 1. The Kier molecular flexibility index (Phi) is 8.00. The molecule has 0 bridgehead atoms. The molecule has 0 spiro atoms. The van der Waals surface area contributed by atoms with Gasteiger partial charge in [-0.2, -0.15) is 0 Å². The minimum Gasteiger partial charge on any atom is -0.460 e. The first kappa shape index (κ1) is 26.5. The second kappa shape index (κ2) is 10.3. The molecule has 1 unspecified atom stereocenters.